The van der Waals surface area contributed by atoms with Crippen LogP contribution in [0.5, 0.6) is 0 Å². The Morgan fingerprint density at radius 2 is 2.04 bits per heavy atom. The lowest BCUT2D eigenvalue weighted by molar-refractivity contribution is 0.198. The third-order valence-corrected chi connectivity index (χ3v) is 6.62. The molecule has 0 aliphatic carbocycles. The van der Waals surface area contributed by atoms with Gasteiger partial charge in [-0.1, -0.05) is 12.1 Å². The molecular weight excluding hydrogens is 357 g/mol. The minimum atomic E-state index is -3.14. The summed E-state index contributed by atoms with van der Waals surface area (Å²) in [5.41, 5.74) is 2.01. The van der Waals surface area contributed by atoms with Gasteiger partial charge in [0.1, 0.15) is 5.82 Å². The lowest BCUT2D eigenvalue weighted by Crippen LogP contribution is -2.41. The number of rotatable bonds is 6. The minimum absolute atomic E-state index is 0.277. The topological polar surface area (TPSA) is 66.7 Å². The van der Waals surface area contributed by atoms with Gasteiger partial charge in [-0.2, -0.15) is 0 Å². The number of halogens is 1. The Labute approximate surface area is 154 Å². The van der Waals surface area contributed by atoms with Crippen molar-refractivity contribution in [2.45, 2.75) is 32.6 Å². The fraction of sp³-hybridized carbons (Fsp3) is 0.611. The van der Waals surface area contributed by atoms with Gasteiger partial charge < -0.3 is 9.42 Å². The summed E-state index contributed by atoms with van der Waals surface area (Å²) in [7, 11) is -3.14. The summed E-state index contributed by atoms with van der Waals surface area (Å²) in [6.45, 7) is 7.13. The Balaban J connectivity index is 1.61. The van der Waals surface area contributed by atoms with Crippen molar-refractivity contribution < 1.29 is 17.3 Å². The first kappa shape index (κ1) is 19.3. The number of hydrogen-bond acceptors (Lipinski definition) is 5. The van der Waals surface area contributed by atoms with Gasteiger partial charge >= 0.3 is 0 Å². The third-order valence-electron chi connectivity index (χ3n) is 5.24. The molecule has 0 spiro atoms. The number of benzene rings is 1. The predicted molar refractivity (Wildman–Crippen MR) is 99.2 cm³/mol. The van der Waals surface area contributed by atoms with Gasteiger partial charge in [-0.15, -0.1) is 0 Å². The maximum absolute atomic E-state index is 13.7. The van der Waals surface area contributed by atoms with Gasteiger partial charge in [0.2, 0.25) is 10.0 Å². The van der Waals surface area contributed by atoms with E-state index in [9.17, 15) is 12.8 Å². The van der Waals surface area contributed by atoms with Crippen LogP contribution in [0.4, 0.5) is 4.39 Å². The van der Waals surface area contributed by atoms with Crippen molar-refractivity contribution in [2.75, 3.05) is 39.0 Å². The Hall–Kier alpha value is -1.51. The van der Waals surface area contributed by atoms with Crippen LogP contribution in [0.2, 0.25) is 0 Å². The van der Waals surface area contributed by atoms with Crippen LogP contribution in [-0.2, 0) is 10.0 Å². The van der Waals surface area contributed by atoms with E-state index in [0.29, 0.717) is 24.2 Å². The zero-order valence-corrected chi connectivity index (χ0v) is 16.4. The lowest BCUT2D eigenvalue weighted by atomic mass is 9.91. The summed E-state index contributed by atoms with van der Waals surface area (Å²) < 4.78 is 43.9. The van der Waals surface area contributed by atoms with Crippen molar-refractivity contribution >= 4 is 21.0 Å². The molecule has 1 fully saturated rings. The standard InChI is InChI=1S/C18H26FN3O3S/c1-4-22(26(3,23)24)10-9-21-7-5-14(6-8-21)18-15-11-13(2)16(19)12-17(15)25-20-18/h11-12,14H,4-10H2,1-3H3. The molecule has 6 nitrogen and oxygen atoms in total. The van der Waals surface area contributed by atoms with Crippen LogP contribution >= 0.6 is 0 Å². The fourth-order valence-corrected chi connectivity index (χ4v) is 4.50. The van der Waals surface area contributed by atoms with Crippen LogP contribution in [0.15, 0.2) is 16.7 Å². The molecule has 1 aromatic carbocycles. The lowest BCUT2D eigenvalue weighted by Gasteiger charge is -2.32. The Kier molecular flexibility index (Phi) is 5.64. The number of fused-ring (bicyclic) bond motifs is 1. The number of aryl methyl sites for hydroxylation is 1. The van der Waals surface area contributed by atoms with Crippen molar-refractivity contribution in [1.29, 1.82) is 0 Å². The molecule has 0 unspecified atom stereocenters. The average molecular weight is 383 g/mol. The molecule has 0 atom stereocenters. The number of likely N-dealkylation sites (tertiary alicyclic amines) is 1. The molecule has 144 valence electrons. The van der Waals surface area contributed by atoms with E-state index in [1.165, 1.54) is 16.6 Å². The summed E-state index contributed by atoms with van der Waals surface area (Å²) >= 11 is 0. The van der Waals surface area contributed by atoms with E-state index in [1.807, 2.05) is 13.0 Å². The highest BCUT2D eigenvalue weighted by Gasteiger charge is 2.26. The van der Waals surface area contributed by atoms with Crippen LogP contribution in [0, 0.1) is 12.7 Å². The van der Waals surface area contributed by atoms with E-state index in [-0.39, 0.29) is 11.7 Å². The first-order chi connectivity index (χ1) is 12.3. The van der Waals surface area contributed by atoms with Crippen LogP contribution < -0.4 is 0 Å². The highest BCUT2D eigenvalue weighted by Crippen LogP contribution is 2.33. The molecule has 0 bridgehead atoms. The first-order valence-electron chi connectivity index (χ1n) is 9.02. The summed E-state index contributed by atoms with van der Waals surface area (Å²) in [6.07, 6.45) is 3.12. The van der Waals surface area contributed by atoms with E-state index in [1.54, 1.807) is 6.92 Å². The van der Waals surface area contributed by atoms with Gasteiger partial charge in [0.25, 0.3) is 0 Å². The number of piperidine rings is 1. The van der Waals surface area contributed by atoms with Crippen molar-refractivity contribution in [3.8, 4) is 0 Å². The number of sulfonamides is 1. The van der Waals surface area contributed by atoms with E-state index >= 15 is 0 Å². The van der Waals surface area contributed by atoms with Crippen molar-refractivity contribution in [2.24, 2.45) is 0 Å². The highest BCUT2D eigenvalue weighted by molar-refractivity contribution is 7.88. The Morgan fingerprint density at radius 1 is 1.35 bits per heavy atom. The fourth-order valence-electron chi connectivity index (χ4n) is 3.62. The number of nitrogens with zero attached hydrogens (tertiary/aromatic N) is 3. The second-order valence-corrected chi connectivity index (χ2v) is 9.02. The number of likely N-dealkylation sites (N-methyl/N-ethyl adjacent to an activating group) is 1. The molecule has 3 rings (SSSR count). The molecule has 2 heterocycles. The van der Waals surface area contributed by atoms with Crippen LogP contribution in [-0.4, -0.2) is 61.8 Å². The smallest absolute Gasteiger partial charge is 0.211 e. The molecule has 0 radical (unpaired) electrons. The molecule has 0 saturated carbocycles. The van der Waals surface area contributed by atoms with Gasteiger partial charge in [0.05, 0.1) is 11.9 Å². The molecule has 1 aromatic heterocycles. The monoisotopic (exact) mass is 383 g/mol. The second kappa shape index (κ2) is 7.62. The summed E-state index contributed by atoms with van der Waals surface area (Å²) in [5, 5.41) is 5.10. The summed E-state index contributed by atoms with van der Waals surface area (Å²) in [5.74, 6) is 0.0101. The molecule has 0 amide bonds. The molecule has 8 heteroatoms. The molecule has 1 aliphatic heterocycles. The minimum Gasteiger partial charge on any atom is -0.356 e. The van der Waals surface area contributed by atoms with Crippen molar-refractivity contribution in [3.63, 3.8) is 0 Å². The molecule has 1 aliphatic rings. The van der Waals surface area contributed by atoms with E-state index < -0.39 is 10.0 Å². The number of aromatic nitrogens is 1. The molecule has 1 saturated heterocycles. The molecule has 26 heavy (non-hydrogen) atoms. The van der Waals surface area contributed by atoms with Gasteiger partial charge in [-0.3, -0.25) is 0 Å². The first-order valence-corrected chi connectivity index (χ1v) is 10.9. The largest absolute Gasteiger partial charge is 0.356 e. The van der Waals surface area contributed by atoms with E-state index in [0.717, 1.165) is 43.6 Å². The Bertz CT molecular complexity index is 873. The van der Waals surface area contributed by atoms with Gasteiger partial charge in [0.15, 0.2) is 5.58 Å². The number of hydrogen-bond donors (Lipinski definition) is 0. The SMILES string of the molecule is CCN(CCN1CCC(c2noc3cc(F)c(C)cc23)CC1)S(C)(=O)=O. The quantitative estimate of drug-likeness (QED) is 0.767. The maximum Gasteiger partial charge on any atom is 0.211 e. The highest BCUT2D eigenvalue weighted by atomic mass is 32.2. The van der Waals surface area contributed by atoms with Crippen LogP contribution in [0.3, 0.4) is 0 Å². The van der Waals surface area contributed by atoms with Crippen molar-refractivity contribution in [1.82, 2.24) is 14.4 Å². The maximum atomic E-state index is 13.7. The molecule has 2 aromatic rings. The van der Waals surface area contributed by atoms with Gasteiger partial charge in [0, 0.05) is 37.0 Å². The zero-order valence-electron chi connectivity index (χ0n) is 15.5. The second-order valence-electron chi connectivity index (χ2n) is 7.04. The molecular formula is C18H26FN3O3S. The Morgan fingerprint density at radius 3 is 2.65 bits per heavy atom. The van der Waals surface area contributed by atoms with Crippen LogP contribution in [0.1, 0.15) is 36.9 Å². The summed E-state index contributed by atoms with van der Waals surface area (Å²) in [4.78, 5) is 2.29. The zero-order chi connectivity index (χ0) is 18.9. The van der Waals surface area contributed by atoms with Crippen LogP contribution in [0.25, 0.3) is 11.0 Å². The van der Waals surface area contributed by atoms with Gasteiger partial charge in [-0.05, 0) is 44.5 Å². The molecule has 0 N–H and O–H groups in total. The predicted octanol–water partition coefficient (Wildman–Crippen LogP) is 2.74. The van der Waals surface area contributed by atoms with Gasteiger partial charge in [-0.25, -0.2) is 17.1 Å². The van der Waals surface area contributed by atoms with E-state index in [2.05, 4.69) is 10.1 Å². The van der Waals surface area contributed by atoms with Crippen molar-refractivity contribution in [3.05, 3.63) is 29.2 Å². The normalized spacial score (nSPS) is 17.4. The summed E-state index contributed by atoms with van der Waals surface area (Å²) in [6, 6.07) is 3.22. The third kappa shape index (κ3) is 4.07. The average Bonchev–Trinajstić information content (AvgIpc) is 2.98. The van der Waals surface area contributed by atoms with E-state index in [4.69, 9.17) is 4.52 Å².